The zero-order chi connectivity index (χ0) is 13.8. The number of nitrogens with one attached hydrogen (secondary N) is 1. The van der Waals surface area contributed by atoms with Gasteiger partial charge in [-0.05, 0) is 36.3 Å². The van der Waals surface area contributed by atoms with Gasteiger partial charge in [-0.25, -0.2) is 0 Å². The quantitative estimate of drug-likeness (QED) is 0.873. The second kappa shape index (κ2) is 6.20. The summed E-state index contributed by atoms with van der Waals surface area (Å²) in [5.41, 5.74) is 2.45. The lowest BCUT2D eigenvalue weighted by molar-refractivity contribution is -0.124. The first kappa shape index (κ1) is 14.1. The second-order valence-corrected chi connectivity index (χ2v) is 5.69. The van der Waals surface area contributed by atoms with Gasteiger partial charge in [0.25, 0.3) is 0 Å². The zero-order valence-corrected chi connectivity index (χ0v) is 11.7. The number of carbonyl (C=O) groups excluding carboxylic acids is 1. The maximum atomic E-state index is 12.4. The van der Waals surface area contributed by atoms with E-state index >= 15 is 0 Å². The predicted molar refractivity (Wildman–Crippen MR) is 76.0 cm³/mol. The molecule has 0 saturated heterocycles. The molecule has 0 spiro atoms. The highest BCUT2D eigenvalue weighted by Crippen LogP contribution is 2.31. The molecular weight excluding hydrogens is 238 g/mol. The maximum Gasteiger partial charge on any atom is 0.227 e. The summed E-state index contributed by atoms with van der Waals surface area (Å²) in [6, 6.07) is 8.05. The standard InChI is InChI=1S/C16H23NO2/c1-11(2)15(10-18)17-16(19)14-9-5-7-12-6-3-4-8-13(12)14/h3-4,6,8,11,14-15,18H,5,7,9-10H2,1-2H3,(H,17,19). The van der Waals surface area contributed by atoms with Crippen molar-refractivity contribution in [1.82, 2.24) is 5.32 Å². The van der Waals surface area contributed by atoms with Crippen LogP contribution >= 0.6 is 0 Å². The van der Waals surface area contributed by atoms with E-state index in [0.717, 1.165) is 24.8 Å². The van der Waals surface area contributed by atoms with Crippen LogP contribution in [0.15, 0.2) is 24.3 Å². The molecule has 3 nitrogen and oxygen atoms in total. The third-order valence-corrected chi connectivity index (χ3v) is 4.02. The second-order valence-electron chi connectivity index (χ2n) is 5.69. The molecule has 1 aromatic carbocycles. The fourth-order valence-corrected chi connectivity index (χ4v) is 2.73. The van der Waals surface area contributed by atoms with Crippen molar-refractivity contribution in [3.63, 3.8) is 0 Å². The van der Waals surface area contributed by atoms with E-state index in [1.165, 1.54) is 5.56 Å². The number of carbonyl (C=O) groups is 1. The smallest absolute Gasteiger partial charge is 0.227 e. The summed E-state index contributed by atoms with van der Waals surface area (Å²) in [4.78, 5) is 12.4. The van der Waals surface area contributed by atoms with E-state index in [9.17, 15) is 9.90 Å². The van der Waals surface area contributed by atoms with Gasteiger partial charge >= 0.3 is 0 Å². The highest BCUT2D eigenvalue weighted by molar-refractivity contribution is 5.84. The fourth-order valence-electron chi connectivity index (χ4n) is 2.73. The first-order chi connectivity index (χ1) is 9.13. The summed E-state index contributed by atoms with van der Waals surface area (Å²) >= 11 is 0. The van der Waals surface area contributed by atoms with Gasteiger partial charge in [0.15, 0.2) is 0 Å². The molecule has 0 aliphatic heterocycles. The molecule has 104 valence electrons. The summed E-state index contributed by atoms with van der Waals surface area (Å²) < 4.78 is 0. The lowest BCUT2D eigenvalue weighted by atomic mass is 9.82. The molecule has 0 bridgehead atoms. The Morgan fingerprint density at radius 2 is 2.16 bits per heavy atom. The van der Waals surface area contributed by atoms with Crippen molar-refractivity contribution in [2.75, 3.05) is 6.61 Å². The van der Waals surface area contributed by atoms with Gasteiger partial charge in [0.1, 0.15) is 0 Å². The van der Waals surface area contributed by atoms with E-state index in [0.29, 0.717) is 0 Å². The topological polar surface area (TPSA) is 49.3 Å². The summed E-state index contributed by atoms with van der Waals surface area (Å²) in [5, 5.41) is 12.3. The number of hydrogen-bond acceptors (Lipinski definition) is 2. The first-order valence-electron chi connectivity index (χ1n) is 7.12. The van der Waals surface area contributed by atoms with Gasteiger partial charge in [0.05, 0.1) is 18.6 Å². The number of aliphatic hydroxyl groups is 1. The molecule has 2 unspecified atom stereocenters. The Hall–Kier alpha value is -1.35. The molecule has 2 N–H and O–H groups in total. The van der Waals surface area contributed by atoms with E-state index in [1.54, 1.807) is 0 Å². The molecule has 1 amide bonds. The van der Waals surface area contributed by atoms with Crippen molar-refractivity contribution >= 4 is 5.91 Å². The molecule has 0 aromatic heterocycles. The highest BCUT2D eigenvalue weighted by atomic mass is 16.3. The normalized spacial score (nSPS) is 19.9. The number of amides is 1. The first-order valence-corrected chi connectivity index (χ1v) is 7.12. The summed E-state index contributed by atoms with van der Waals surface area (Å²) in [6.07, 6.45) is 3.02. The van der Waals surface area contributed by atoms with Gasteiger partial charge < -0.3 is 10.4 Å². The van der Waals surface area contributed by atoms with Crippen LogP contribution in [-0.4, -0.2) is 23.7 Å². The van der Waals surface area contributed by atoms with Crippen LogP contribution in [-0.2, 0) is 11.2 Å². The van der Waals surface area contributed by atoms with E-state index in [1.807, 2.05) is 26.0 Å². The van der Waals surface area contributed by atoms with Crippen molar-refractivity contribution < 1.29 is 9.90 Å². The molecule has 1 aromatic rings. The lowest BCUT2D eigenvalue weighted by Crippen LogP contribution is -2.43. The predicted octanol–water partition coefficient (Wildman–Crippen LogP) is 2.24. The minimum absolute atomic E-state index is 0.00221. The summed E-state index contributed by atoms with van der Waals surface area (Å²) in [6.45, 7) is 4.02. The fraction of sp³-hybridized carbons (Fsp3) is 0.562. The Kier molecular flexibility index (Phi) is 4.59. The van der Waals surface area contributed by atoms with Crippen LogP contribution in [0.3, 0.4) is 0 Å². The number of hydrogen-bond donors (Lipinski definition) is 2. The Morgan fingerprint density at radius 3 is 2.84 bits per heavy atom. The molecule has 2 rings (SSSR count). The van der Waals surface area contributed by atoms with Crippen LogP contribution in [0.2, 0.25) is 0 Å². The number of aryl methyl sites for hydroxylation is 1. The average Bonchev–Trinajstić information content (AvgIpc) is 2.43. The van der Waals surface area contributed by atoms with Gasteiger partial charge in [-0.1, -0.05) is 38.1 Å². The number of fused-ring (bicyclic) bond motifs is 1. The van der Waals surface area contributed by atoms with Gasteiger partial charge in [-0.2, -0.15) is 0 Å². The van der Waals surface area contributed by atoms with Crippen LogP contribution in [0.4, 0.5) is 0 Å². The molecule has 3 heteroatoms. The van der Waals surface area contributed by atoms with Crippen molar-refractivity contribution in [2.45, 2.75) is 45.1 Å². The Labute approximate surface area is 115 Å². The third kappa shape index (κ3) is 3.16. The SMILES string of the molecule is CC(C)C(CO)NC(=O)C1CCCc2ccccc21. The summed E-state index contributed by atoms with van der Waals surface area (Å²) in [7, 11) is 0. The molecule has 1 aliphatic carbocycles. The van der Waals surface area contributed by atoms with Crippen molar-refractivity contribution in [1.29, 1.82) is 0 Å². The highest BCUT2D eigenvalue weighted by Gasteiger charge is 2.28. The van der Waals surface area contributed by atoms with Crippen LogP contribution in [0.5, 0.6) is 0 Å². The molecule has 0 saturated carbocycles. The Bertz CT molecular complexity index is 442. The monoisotopic (exact) mass is 261 g/mol. The Morgan fingerprint density at radius 1 is 1.42 bits per heavy atom. The van der Waals surface area contributed by atoms with E-state index in [4.69, 9.17) is 0 Å². The number of rotatable bonds is 4. The number of aliphatic hydroxyl groups excluding tert-OH is 1. The van der Waals surface area contributed by atoms with Crippen LogP contribution in [0.25, 0.3) is 0 Å². The molecule has 19 heavy (non-hydrogen) atoms. The largest absolute Gasteiger partial charge is 0.394 e. The minimum atomic E-state index is -0.151. The molecule has 2 atom stereocenters. The van der Waals surface area contributed by atoms with Crippen molar-refractivity contribution in [2.24, 2.45) is 5.92 Å². The average molecular weight is 261 g/mol. The molecule has 0 radical (unpaired) electrons. The Balaban J connectivity index is 2.12. The lowest BCUT2D eigenvalue weighted by Gasteiger charge is -2.28. The summed E-state index contributed by atoms with van der Waals surface area (Å²) in [5.74, 6) is 0.241. The van der Waals surface area contributed by atoms with Crippen LogP contribution in [0, 0.1) is 5.92 Å². The van der Waals surface area contributed by atoms with Crippen molar-refractivity contribution in [3.8, 4) is 0 Å². The van der Waals surface area contributed by atoms with E-state index in [-0.39, 0.29) is 30.4 Å². The van der Waals surface area contributed by atoms with Gasteiger partial charge in [-0.15, -0.1) is 0 Å². The molecule has 1 aliphatic rings. The number of benzene rings is 1. The third-order valence-electron chi connectivity index (χ3n) is 4.02. The zero-order valence-electron chi connectivity index (χ0n) is 11.7. The maximum absolute atomic E-state index is 12.4. The molecule has 0 fully saturated rings. The van der Waals surface area contributed by atoms with Gasteiger partial charge in [0, 0.05) is 0 Å². The molecular formula is C16H23NO2. The minimum Gasteiger partial charge on any atom is -0.394 e. The van der Waals surface area contributed by atoms with Crippen LogP contribution < -0.4 is 5.32 Å². The van der Waals surface area contributed by atoms with E-state index < -0.39 is 0 Å². The van der Waals surface area contributed by atoms with Crippen molar-refractivity contribution in [3.05, 3.63) is 35.4 Å². The molecule has 0 heterocycles. The van der Waals surface area contributed by atoms with E-state index in [2.05, 4.69) is 17.4 Å². The van der Waals surface area contributed by atoms with Gasteiger partial charge in [0.2, 0.25) is 5.91 Å². The van der Waals surface area contributed by atoms with Crippen LogP contribution in [0.1, 0.15) is 43.7 Å². The van der Waals surface area contributed by atoms with Gasteiger partial charge in [-0.3, -0.25) is 4.79 Å².